The lowest BCUT2D eigenvalue weighted by Crippen LogP contribution is -2.57. The molecule has 0 spiro atoms. The zero-order chi connectivity index (χ0) is 17.4. The predicted octanol–water partition coefficient (Wildman–Crippen LogP) is 2.27. The second kappa shape index (κ2) is 6.45. The van der Waals surface area contributed by atoms with E-state index < -0.39 is 6.43 Å². The van der Waals surface area contributed by atoms with Crippen molar-refractivity contribution in [3.8, 4) is 11.8 Å². The van der Waals surface area contributed by atoms with Crippen molar-refractivity contribution in [2.45, 2.75) is 25.3 Å². The van der Waals surface area contributed by atoms with Gasteiger partial charge in [-0.05, 0) is 43.8 Å². The van der Waals surface area contributed by atoms with Gasteiger partial charge in [-0.15, -0.1) is 0 Å². The van der Waals surface area contributed by atoms with E-state index in [1.54, 1.807) is 12.0 Å². The van der Waals surface area contributed by atoms with Gasteiger partial charge in [-0.25, -0.2) is 4.98 Å². The van der Waals surface area contributed by atoms with Gasteiger partial charge in [0.25, 0.3) is 12.3 Å². The maximum absolute atomic E-state index is 12.6. The Hall–Kier alpha value is -2.46. The third kappa shape index (κ3) is 3.22. The minimum Gasteiger partial charge on any atom is -0.461 e. The Bertz CT molecular complexity index is 860. The van der Waals surface area contributed by atoms with Crippen LogP contribution in [0.5, 0.6) is 0 Å². The number of furan rings is 1. The molecular weight excluding hydrogens is 328 g/mol. The van der Waals surface area contributed by atoms with Crippen LogP contribution in [-0.2, 0) is 0 Å². The fourth-order valence-electron chi connectivity index (χ4n) is 3.66. The van der Waals surface area contributed by atoms with Crippen molar-refractivity contribution in [2.24, 2.45) is 5.92 Å². The van der Waals surface area contributed by atoms with Crippen LogP contribution in [-0.4, -0.2) is 47.9 Å². The number of hydrogen-bond acceptors (Lipinski definition) is 4. The minimum absolute atomic E-state index is 0.134. The Labute approximate surface area is 143 Å². The molecule has 3 aliphatic heterocycles. The Balaban J connectivity index is 1.55. The second-order valence-electron chi connectivity index (χ2n) is 6.50. The SMILES string of the molecule is O=C(NC1CN2CCC1CC2)c1cc2c(C#CC(F)F)coc2cn1. The number of fused-ring (bicyclic) bond motifs is 4. The van der Waals surface area contributed by atoms with Gasteiger partial charge in [0.2, 0.25) is 0 Å². The van der Waals surface area contributed by atoms with Crippen molar-refractivity contribution in [1.82, 2.24) is 15.2 Å². The number of pyridine rings is 1. The number of nitrogens with one attached hydrogen (secondary N) is 1. The Morgan fingerprint density at radius 2 is 2.20 bits per heavy atom. The number of alkyl halides is 2. The molecule has 3 saturated heterocycles. The number of rotatable bonds is 2. The molecule has 5 rings (SSSR count). The molecule has 2 aromatic rings. The van der Waals surface area contributed by atoms with Crippen LogP contribution in [0.1, 0.15) is 28.9 Å². The van der Waals surface area contributed by atoms with Gasteiger partial charge in [0.05, 0.1) is 11.8 Å². The van der Waals surface area contributed by atoms with Crippen LogP contribution in [0.15, 0.2) is 22.9 Å². The Morgan fingerprint density at radius 3 is 2.88 bits per heavy atom. The molecule has 3 fully saturated rings. The van der Waals surface area contributed by atoms with E-state index in [9.17, 15) is 13.6 Å². The van der Waals surface area contributed by atoms with Gasteiger partial charge < -0.3 is 14.6 Å². The third-order valence-electron chi connectivity index (χ3n) is 4.98. The van der Waals surface area contributed by atoms with Gasteiger partial charge in [-0.3, -0.25) is 4.79 Å². The fraction of sp³-hybridized carbons (Fsp3) is 0.444. The van der Waals surface area contributed by atoms with Crippen molar-refractivity contribution < 1.29 is 18.0 Å². The summed E-state index contributed by atoms with van der Waals surface area (Å²) in [4.78, 5) is 19.0. The van der Waals surface area contributed by atoms with Crippen LogP contribution in [0.3, 0.4) is 0 Å². The van der Waals surface area contributed by atoms with Gasteiger partial charge in [-0.2, -0.15) is 8.78 Å². The first-order valence-corrected chi connectivity index (χ1v) is 8.30. The standard InChI is InChI=1S/C18H17F2N3O2/c19-17(20)2-1-12-10-25-16-8-21-14(7-13(12)16)18(24)22-15-9-23-5-3-11(15)4-6-23/h7-8,10-11,15,17H,3-6,9H2,(H,22,24). The average Bonchev–Trinajstić information content (AvgIpc) is 3.03. The summed E-state index contributed by atoms with van der Waals surface area (Å²) in [6, 6.07) is 1.68. The number of aromatic nitrogens is 1. The van der Waals surface area contributed by atoms with E-state index >= 15 is 0 Å². The molecule has 1 amide bonds. The normalized spacial score (nSPS) is 25.0. The largest absolute Gasteiger partial charge is 0.461 e. The summed E-state index contributed by atoms with van der Waals surface area (Å²) in [5.74, 6) is 4.44. The molecular formula is C18H17F2N3O2. The highest BCUT2D eigenvalue weighted by atomic mass is 19.3. The number of carbonyl (C=O) groups excluding carboxylic acids is 1. The molecule has 130 valence electrons. The highest BCUT2D eigenvalue weighted by molar-refractivity contribution is 5.97. The first kappa shape index (κ1) is 16.0. The lowest BCUT2D eigenvalue weighted by molar-refractivity contribution is 0.0618. The summed E-state index contributed by atoms with van der Waals surface area (Å²) in [6.07, 6.45) is 2.22. The minimum atomic E-state index is -2.72. The molecule has 2 aromatic heterocycles. The average molecular weight is 345 g/mol. The summed E-state index contributed by atoms with van der Waals surface area (Å²) in [6.45, 7) is 3.07. The lowest BCUT2D eigenvalue weighted by atomic mass is 9.84. The molecule has 1 N–H and O–H groups in total. The summed E-state index contributed by atoms with van der Waals surface area (Å²) in [5, 5.41) is 3.58. The number of piperidine rings is 3. The van der Waals surface area contributed by atoms with Crippen molar-refractivity contribution >= 4 is 16.9 Å². The summed E-state index contributed by atoms with van der Waals surface area (Å²) in [7, 11) is 0. The number of amides is 1. The molecule has 25 heavy (non-hydrogen) atoms. The smallest absolute Gasteiger partial charge is 0.299 e. The van der Waals surface area contributed by atoms with E-state index in [4.69, 9.17) is 4.42 Å². The van der Waals surface area contributed by atoms with Crippen LogP contribution >= 0.6 is 0 Å². The number of carbonyl (C=O) groups is 1. The van der Waals surface area contributed by atoms with Crippen molar-refractivity contribution in [1.29, 1.82) is 0 Å². The van der Waals surface area contributed by atoms with Gasteiger partial charge in [0.15, 0.2) is 5.58 Å². The predicted molar refractivity (Wildman–Crippen MR) is 87.3 cm³/mol. The van der Waals surface area contributed by atoms with Crippen molar-refractivity contribution in [3.63, 3.8) is 0 Å². The fourth-order valence-corrected chi connectivity index (χ4v) is 3.66. The quantitative estimate of drug-likeness (QED) is 0.849. The maximum Gasteiger partial charge on any atom is 0.299 e. The molecule has 7 heteroatoms. The first-order chi connectivity index (χ1) is 12.1. The molecule has 1 atom stereocenters. The molecule has 1 unspecified atom stereocenters. The summed E-state index contributed by atoms with van der Waals surface area (Å²) < 4.78 is 29.8. The van der Waals surface area contributed by atoms with Crippen LogP contribution in [0.4, 0.5) is 8.78 Å². The zero-order valence-corrected chi connectivity index (χ0v) is 13.5. The van der Waals surface area contributed by atoms with E-state index in [2.05, 4.69) is 21.1 Å². The highest BCUT2D eigenvalue weighted by Gasteiger charge is 2.35. The van der Waals surface area contributed by atoms with Crippen LogP contribution < -0.4 is 5.32 Å². The summed E-state index contributed by atoms with van der Waals surface area (Å²) in [5.41, 5.74) is 0.984. The second-order valence-corrected chi connectivity index (χ2v) is 6.50. The number of hydrogen-bond donors (Lipinski definition) is 1. The van der Waals surface area contributed by atoms with E-state index in [0.29, 0.717) is 22.5 Å². The molecule has 5 nitrogen and oxygen atoms in total. The molecule has 0 saturated carbocycles. The first-order valence-electron chi connectivity index (χ1n) is 8.30. The monoisotopic (exact) mass is 345 g/mol. The molecule has 0 aliphatic carbocycles. The topological polar surface area (TPSA) is 58.4 Å². The Morgan fingerprint density at radius 1 is 1.40 bits per heavy atom. The lowest BCUT2D eigenvalue weighted by Gasteiger charge is -2.44. The van der Waals surface area contributed by atoms with Crippen LogP contribution in [0, 0.1) is 17.8 Å². The van der Waals surface area contributed by atoms with E-state index in [0.717, 1.165) is 32.5 Å². The molecule has 5 heterocycles. The van der Waals surface area contributed by atoms with E-state index in [1.807, 2.05) is 0 Å². The molecule has 3 aliphatic rings. The van der Waals surface area contributed by atoms with Crippen LogP contribution in [0.2, 0.25) is 0 Å². The van der Waals surface area contributed by atoms with E-state index in [-0.39, 0.29) is 17.6 Å². The molecule has 2 bridgehead atoms. The molecule has 0 radical (unpaired) electrons. The summed E-state index contributed by atoms with van der Waals surface area (Å²) >= 11 is 0. The van der Waals surface area contributed by atoms with E-state index in [1.165, 1.54) is 12.5 Å². The van der Waals surface area contributed by atoms with Gasteiger partial charge in [0, 0.05) is 18.0 Å². The van der Waals surface area contributed by atoms with Crippen molar-refractivity contribution in [2.75, 3.05) is 19.6 Å². The zero-order valence-electron chi connectivity index (χ0n) is 13.5. The van der Waals surface area contributed by atoms with Gasteiger partial charge in [0.1, 0.15) is 12.0 Å². The van der Waals surface area contributed by atoms with Crippen molar-refractivity contribution in [3.05, 3.63) is 29.8 Å². The Kier molecular flexibility index (Phi) is 4.14. The third-order valence-corrected chi connectivity index (χ3v) is 4.98. The molecule has 0 aromatic carbocycles. The highest BCUT2D eigenvalue weighted by Crippen LogP contribution is 2.28. The van der Waals surface area contributed by atoms with Gasteiger partial charge in [-0.1, -0.05) is 5.92 Å². The number of halogens is 2. The van der Waals surface area contributed by atoms with Gasteiger partial charge >= 0.3 is 0 Å². The maximum atomic E-state index is 12.6. The number of nitrogens with zero attached hydrogens (tertiary/aromatic N) is 2. The van der Waals surface area contributed by atoms with Crippen LogP contribution in [0.25, 0.3) is 11.0 Å².